The van der Waals surface area contributed by atoms with Crippen molar-refractivity contribution in [1.82, 2.24) is 4.98 Å². The molecule has 0 unspecified atom stereocenters. The number of rotatable bonds is 7. The lowest BCUT2D eigenvalue weighted by molar-refractivity contribution is 0.0728. The second-order valence-corrected chi connectivity index (χ2v) is 6.41. The van der Waals surface area contributed by atoms with Gasteiger partial charge in [-0.3, -0.25) is 4.98 Å². The van der Waals surface area contributed by atoms with E-state index in [1.807, 2.05) is 24.4 Å². The Labute approximate surface area is 158 Å². The highest BCUT2D eigenvalue weighted by Gasteiger charge is 2.12. The fourth-order valence-corrected chi connectivity index (χ4v) is 2.79. The van der Waals surface area contributed by atoms with Gasteiger partial charge in [-0.2, -0.15) is 0 Å². The van der Waals surface area contributed by atoms with Crippen LogP contribution in [0.15, 0.2) is 66.9 Å². The van der Waals surface area contributed by atoms with E-state index in [0.717, 1.165) is 17.7 Å². The van der Waals surface area contributed by atoms with Crippen molar-refractivity contribution in [2.75, 3.05) is 0 Å². The second kappa shape index (κ2) is 9.08. The standard InChI is InChI=1S/C23H22FNO2/c1-2-3-4-7-17-10-15-21(25-16-17)18-11-13-19(14-12-18)23(26)27-22-9-6-5-8-20(22)24/h5-6,8-16H,2-4,7H2,1H3. The highest BCUT2D eigenvalue weighted by molar-refractivity contribution is 5.91. The van der Waals surface area contributed by atoms with Gasteiger partial charge in [0, 0.05) is 11.8 Å². The SMILES string of the molecule is CCCCCc1ccc(-c2ccc(C(=O)Oc3ccccc3F)cc2)nc1. The summed E-state index contributed by atoms with van der Waals surface area (Å²) in [7, 11) is 0. The molecule has 0 radical (unpaired) electrons. The summed E-state index contributed by atoms with van der Waals surface area (Å²) in [5.74, 6) is -1.23. The Morgan fingerprint density at radius 1 is 1.00 bits per heavy atom. The molecule has 0 spiro atoms. The monoisotopic (exact) mass is 363 g/mol. The predicted molar refractivity (Wildman–Crippen MR) is 104 cm³/mol. The number of hydrogen-bond acceptors (Lipinski definition) is 3. The van der Waals surface area contributed by atoms with E-state index in [0.29, 0.717) is 5.56 Å². The minimum Gasteiger partial charge on any atom is -0.420 e. The first kappa shape index (κ1) is 18.8. The molecule has 0 aliphatic rings. The van der Waals surface area contributed by atoms with Crippen molar-refractivity contribution in [1.29, 1.82) is 0 Å². The maximum Gasteiger partial charge on any atom is 0.343 e. The molecule has 0 aliphatic heterocycles. The van der Waals surface area contributed by atoms with Gasteiger partial charge >= 0.3 is 5.97 Å². The maximum absolute atomic E-state index is 13.6. The lowest BCUT2D eigenvalue weighted by Crippen LogP contribution is -2.09. The molecule has 0 bridgehead atoms. The Hall–Kier alpha value is -3.01. The number of halogens is 1. The Kier molecular flexibility index (Phi) is 6.31. The molecule has 0 fully saturated rings. The van der Waals surface area contributed by atoms with E-state index in [2.05, 4.69) is 18.0 Å². The number of carbonyl (C=O) groups excluding carboxylic acids is 1. The molecule has 3 rings (SSSR count). The summed E-state index contributed by atoms with van der Waals surface area (Å²) in [6, 6.07) is 16.9. The van der Waals surface area contributed by atoms with Crippen molar-refractivity contribution >= 4 is 5.97 Å². The number of aryl methyl sites for hydroxylation is 1. The zero-order valence-electron chi connectivity index (χ0n) is 15.3. The first-order chi connectivity index (χ1) is 13.2. The molecule has 0 aliphatic carbocycles. The minimum absolute atomic E-state index is 0.0769. The average molecular weight is 363 g/mol. The van der Waals surface area contributed by atoms with Crippen molar-refractivity contribution in [2.45, 2.75) is 32.6 Å². The third-order valence-electron chi connectivity index (χ3n) is 4.35. The molecule has 0 saturated carbocycles. The third-order valence-corrected chi connectivity index (χ3v) is 4.35. The summed E-state index contributed by atoms with van der Waals surface area (Å²) in [6.07, 6.45) is 6.56. The van der Waals surface area contributed by atoms with E-state index in [9.17, 15) is 9.18 Å². The Bertz CT molecular complexity index is 889. The number of nitrogens with zero attached hydrogens (tertiary/aromatic N) is 1. The normalized spacial score (nSPS) is 10.6. The number of aromatic nitrogens is 1. The molecule has 0 N–H and O–H groups in total. The topological polar surface area (TPSA) is 39.2 Å². The fourth-order valence-electron chi connectivity index (χ4n) is 2.79. The fraction of sp³-hybridized carbons (Fsp3) is 0.217. The molecule has 3 aromatic rings. The average Bonchev–Trinajstić information content (AvgIpc) is 2.70. The van der Waals surface area contributed by atoms with Crippen molar-refractivity contribution in [3.05, 3.63) is 83.8 Å². The number of para-hydroxylation sites is 1. The van der Waals surface area contributed by atoms with Gasteiger partial charge in [-0.15, -0.1) is 0 Å². The zero-order valence-corrected chi connectivity index (χ0v) is 15.3. The van der Waals surface area contributed by atoms with Crippen LogP contribution in [-0.4, -0.2) is 11.0 Å². The van der Waals surface area contributed by atoms with Crippen molar-refractivity contribution in [3.8, 4) is 17.0 Å². The molecule has 0 amide bonds. The highest BCUT2D eigenvalue weighted by Crippen LogP contribution is 2.21. The number of pyridine rings is 1. The van der Waals surface area contributed by atoms with E-state index in [4.69, 9.17) is 4.74 Å². The molecule has 1 aromatic heterocycles. The van der Waals surface area contributed by atoms with Crippen LogP contribution in [0.2, 0.25) is 0 Å². The molecular formula is C23H22FNO2. The van der Waals surface area contributed by atoms with Gasteiger partial charge in [0.2, 0.25) is 0 Å². The number of carbonyl (C=O) groups is 1. The summed E-state index contributed by atoms with van der Waals surface area (Å²) >= 11 is 0. The van der Waals surface area contributed by atoms with Crippen LogP contribution in [0.3, 0.4) is 0 Å². The van der Waals surface area contributed by atoms with Gasteiger partial charge in [0.15, 0.2) is 11.6 Å². The van der Waals surface area contributed by atoms with Crippen LogP contribution in [0.5, 0.6) is 5.75 Å². The van der Waals surface area contributed by atoms with Gasteiger partial charge in [-0.25, -0.2) is 9.18 Å². The lowest BCUT2D eigenvalue weighted by Gasteiger charge is -2.07. The Morgan fingerprint density at radius 3 is 2.44 bits per heavy atom. The van der Waals surface area contributed by atoms with E-state index in [-0.39, 0.29) is 5.75 Å². The molecule has 27 heavy (non-hydrogen) atoms. The van der Waals surface area contributed by atoms with Gasteiger partial charge in [-0.1, -0.05) is 50.1 Å². The Balaban J connectivity index is 1.66. The van der Waals surface area contributed by atoms with Crippen LogP contribution < -0.4 is 4.74 Å². The summed E-state index contributed by atoms with van der Waals surface area (Å²) < 4.78 is 18.7. The van der Waals surface area contributed by atoms with E-state index in [1.165, 1.54) is 37.0 Å². The number of hydrogen-bond donors (Lipinski definition) is 0. The van der Waals surface area contributed by atoms with Gasteiger partial charge in [-0.05, 0) is 48.7 Å². The molecule has 3 nitrogen and oxygen atoms in total. The molecule has 1 heterocycles. The van der Waals surface area contributed by atoms with Gasteiger partial charge in [0.1, 0.15) is 0 Å². The smallest absolute Gasteiger partial charge is 0.343 e. The van der Waals surface area contributed by atoms with E-state index < -0.39 is 11.8 Å². The first-order valence-corrected chi connectivity index (χ1v) is 9.19. The minimum atomic E-state index is -0.592. The van der Waals surface area contributed by atoms with Crippen LogP contribution in [0.1, 0.15) is 42.1 Å². The van der Waals surface area contributed by atoms with Crippen LogP contribution in [-0.2, 0) is 6.42 Å². The lowest BCUT2D eigenvalue weighted by atomic mass is 10.1. The molecule has 138 valence electrons. The van der Waals surface area contributed by atoms with Gasteiger partial charge < -0.3 is 4.74 Å². The number of benzene rings is 2. The predicted octanol–water partition coefficient (Wildman–Crippen LogP) is 5.84. The highest BCUT2D eigenvalue weighted by atomic mass is 19.1. The molecule has 0 atom stereocenters. The van der Waals surface area contributed by atoms with Crippen LogP contribution in [0.25, 0.3) is 11.3 Å². The Morgan fingerprint density at radius 2 is 1.78 bits per heavy atom. The number of unbranched alkanes of at least 4 members (excludes halogenated alkanes) is 2. The van der Waals surface area contributed by atoms with Crippen molar-refractivity contribution in [3.63, 3.8) is 0 Å². The second-order valence-electron chi connectivity index (χ2n) is 6.41. The largest absolute Gasteiger partial charge is 0.420 e. The summed E-state index contributed by atoms with van der Waals surface area (Å²) in [6.45, 7) is 2.19. The molecule has 2 aromatic carbocycles. The van der Waals surface area contributed by atoms with Crippen LogP contribution in [0.4, 0.5) is 4.39 Å². The zero-order chi connectivity index (χ0) is 19.1. The van der Waals surface area contributed by atoms with E-state index >= 15 is 0 Å². The van der Waals surface area contributed by atoms with Gasteiger partial charge in [0.05, 0.1) is 11.3 Å². The van der Waals surface area contributed by atoms with Crippen LogP contribution in [0, 0.1) is 5.82 Å². The number of esters is 1. The molecule has 4 heteroatoms. The van der Waals surface area contributed by atoms with Crippen molar-refractivity contribution < 1.29 is 13.9 Å². The molecular weight excluding hydrogens is 341 g/mol. The van der Waals surface area contributed by atoms with E-state index in [1.54, 1.807) is 24.3 Å². The summed E-state index contributed by atoms with van der Waals surface area (Å²) in [4.78, 5) is 16.7. The maximum atomic E-state index is 13.6. The molecule has 0 saturated heterocycles. The quantitative estimate of drug-likeness (QED) is 0.301. The van der Waals surface area contributed by atoms with Gasteiger partial charge in [0.25, 0.3) is 0 Å². The first-order valence-electron chi connectivity index (χ1n) is 9.19. The third kappa shape index (κ3) is 5.00. The van der Waals surface area contributed by atoms with Crippen molar-refractivity contribution in [2.24, 2.45) is 0 Å². The summed E-state index contributed by atoms with van der Waals surface area (Å²) in [5, 5.41) is 0. The number of ether oxygens (including phenoxy) is 1. The van der Waals surface area contributed by atoms with Crippen LogP contribution >= 0.6 is 0 Å². The summed E-state index contributed by atoms with van der Waals surface area (Å²) in [5.41, 5.74) is 3.36.